The van der Waals surface area contributed by atoms with Gasteiger partial charge in [-0.1, -0.05) is 61.5 Å². The van der Waals surface area contributed by atoms with Crippen molar-refractivity contribution in [2.24, 2.45) is 0 Å². The second kappa shape index (κ2) is 8.85. The summed E-state index contributed by atoms with van der Waals surface area (Å²) in [4.78, 5) is 16.5. The number of thiophene rings is 1. The summed E-state index contributed by atoms with van der Waals surface area (Å²) in [5.41, 5.74) is 3.82. The number of aromatic nitrogens is 1. The van der Waals surface area contributed by atoms with E-state index in [1.807, 2.05) is 37.3 Å². The first kappa shape index (κ1) is 22.0. The van der Waals surface area contributed by atoms with Crippen LogP contribution >= 0.6 is 18.9 Å². The van der Waals surface area contributed by atoms with Crippen LogP contribution in [0.3, 0.4) is 0 Å². The second-order valence-corrected chi connectivity index (χ2v) is 10.8. The topological polar surface area (TPSA) is 59.4 Å². The van der Waals surface area contributed by atoms with Gasteiger partial charge in [0.2, 0.25) is 0 Å². The molecule has 2 aromatic heterocycles. The number of nitrogens with zero attached hydrogens (tertiary/aromatic N) is 1. The molecule has 0 aliphatic heterocycles. The molecular formula is C27H24NO3PS. The lowest BCUT2D eigenvalue weighted by Gasteiger charge is -2.18. The minimum Gasteiger partial charge on any atom is -0.320 e. The fraction of sp³-hybridized carbons (Fsp3) is 0.148. The van der Waals surface area contributed by atoms with Crippen LogP contribution in [-0.4, -0.2) is 16.0 Å². The van der Waals surface area contributed by atoms with Crippen molar-refractivity contribution in [2.45, 2.75) is 26.4 Å². The molecule has 2 heterocycles. The molecule has 2 atom stereocenters. The lowest BCUT2D eigenvalue weighted by molar-refractivity contribution is 0.192. The summed E-state index contributed by atoms with van der Waals surface area (Å²) in [5.74, 6) is 0. The molecule has 33 heavy (non-hydrogen) atoms. The van der Waals surface area contributed by atoms with Crippen molar-refractivity contribution < 1.29 is 14.0 Å². The van der Waals surface area contributed by atoms with Crippen LogP contribution in [0.4, 0.5) is 0 Å². The summed E-state index contributed by atoms with van der Waals surface area (Å²) in [7, 11) is -4.05. The van der Waals surface area contributed by atoms with Crippen LogP contribution in [0.25, 0.3) is 43.2 Å². The molecule has 4 nitrogen and oxygen atoms in total. The van der Waals surface area contributed by atoms with Gasteiger partial charge in [0.15, 0.2) is 5.44 Å². The van der Waals surface area contributed by atoms with E-state index in [4.69, 9.17) is 9.51 Å². The number of pyridine rings is 1. The normalized spacial score (nSPS) is 14.4. The van der Waals surface area contributed by atoms with Crippen molar-refractivity contribution in [3.63, 3.8) is 0 Å². The van der Waals surface area contributed by atoms with Gasteiger partial charge in [-0.05, 0) is 64.9 Å². The number of fused-ring (bicyclic) bond motifs is 2. The third kappa shape index (κ3) is 4.25. The molecule has 0 radical (unpaired) electrons. The van der Waals surface area contributed by atoms with Crippen molar-refractivity contribution >= 4 is 46.0 Å². The van der Waals surface area contributed by atoms with E-state index in [2.05, 4.69) is 47.8 Å². The standard InChI is InChI=1S/C27H24NO3PS/c1-3-18(2)31-32(29,30)26-14-13-20-16-21(25-12-7-15-33-25)17-24(27(20)28-26)23-11-6-9-19-8-4-5-10-22(19)23/h4-18H,3H2,1-2H3,(H,29,30). The van der Waals surface area contributed by atoms with Gasteiger partial charge in [0, 0.05) is 15.8 Å². The van der Waals surface area contributed by atoms with Crippen LogP contribution in [0.15, 0.2) is 84.2 Å². The highest BCUT2D eigenvalue weighted by molar-refractivity contribution is 7.61. The van der Waals surface area contributed by atoms with E-state index in [1.54, 1.807) is 24.3 Å². The van der Waals surface area contributed by atoms with Crippen LogP contribution < -0.4 is 5.44 Å². The van der Waals surface area contributed by atoms with Crippen LogP contribution in [0.2, 0.25) is 0 Å². The Kier molecular flexibility index (Phi) is 5.90. The molecule has 0 bridgehead atoms. The van der Waals surface area contributed by atoms with Gasteiger partial charge in [-0.15, -0.1) is 11.3 Å². The Morgan fingerprint density at radius 1 is 0.970 bits per heavy atom. The minimum atomic E-state index is -4.05. The molecule has 0 fully saturated rings. The average molecular weight is 474 g/mol. The highest BCUT2D eigenvalue weighted by atomic mass is 32.1. The first-order valence-electron chi connectivity index (χ1n) is 10.9. The molecule has 0 saturated heterocycles. The SMILES string of the molecule is CCC(C)OP(=O)(O)c1ccc2cc(-c3cccs3)cc(-c3cccc4ccccc34)c2n1. The molecule has 5 rings (SSSR count). The molecule has 0 aliphatic rings. The van der Waals surface area contributed by atoms with Crippen LogP contribution in [-0.2, 0) is 9.09 Å². The second-order valence-electron chi connectivity index (χ2n) is 8.11. The van der Waals surface area contributed by atoms with E-state index in [0.29, 0.717) is 11.9 Å². The van der Waals surface area contributed by atoms with Gasteiger partial charge in [-0.3, -0.25) is 4.57 Å². The zero-order valence-electron chi connectivity index (χ0n) is 18.4. The molecule has 0 amide bonds. The third-order valence-corrected chi connectivity index (χ3v) is 8.24. The lowest BCUT2D eigenvalue weighted by atomic mass is 9.94. The summed E-state index contributed by atoms with van der Waals surface area (Å²) in [5, 5.41) is 5.22. The molecule has 0 spiro atoms. The van der Waals surface area contributed by atoms with Crippen LogP contribution in [0, 0.1) is 0 Å². The zero-order valence-corrected chi connectivity index (χ0v) is 20.1. The van der Waals surface area contributed by atoms with Crippen molar-refractivity contribution in [1.29, 1.82) is 0 Å². The molecule has 3 aromatic carbocycles. The van der Waals surface area contributed by atoms with Gasteiger partial charge in [-0.2, -0.15) is 0 Å². The van der Waals surface area contributed by atoms with E-state index in [9.17, 15) is 9.46 Å². The van der Waals surface area contributed by atoms with Crippen LogP contribution in [0.1, 0.15) is 20.3 Å². The van der Waals surface area contributed by atoms with Gasteiger partial charge in [-0.25, -0.2) is 4.98 Å². The fourth-order valence-corrected chi connectivity index (χ4v) is 5.95. The number of hydrogen-bond acceptors (Lipinski definition) is 4. The molecule has 0 aliphatic carbocycles. The van der Waals surface area contributed by atoms with Crippen molar-refractivity contribution in [2.75, 3.05) is 0 Å². The van der Waals surface area contributed by atoms with E-state index >= 15 is 0 Å². The summed E-state index contributed by atoms with van der Waals surface area (Å²) in [6.45, 7) is 3.71. The highest BCUT2D eigenvalue weighted by Crippen LogP contribution is 2.43. The Balaban J connectivity index is 1.78. The monoisotopic (exact) mass is 473 g/mol. The summed E-state index contributed by atoms with van der Waals surface area (Å²) < 4.78 is 18.5. The van der Waals surface area contributed by atoms with E-state index in [-0.39, 0.29) is 11.5 Å². The molecule has 2 unspecified atom stereocenters. The predicted octanol–water partition coefficient (Wildman–Crippen LogP) is 7.41. The minimum absolute atomic E-state index is 0.0701. The lowest BCUT2D eigenvalue weighted by Crippen LogP contribution is -2.16. The Morgan fingerprint density at radius 2 is 1.79 bits per heavy atom. The third-order valence-electron chi connectivity index (χ3n) is 5.85. The number of rotatable bonds is 6. The quantitative estimate of drug-likeness (QED) is 0.261. The molecular weight excluding hydrogens is 449 g/mol. The smallest absolute Gasteiger partial charge is 0.320 e. The maximum Gasteiger partial charge on any atom is 0.377 e. The Bertz CT molecular complexity index is 1490. The van der Waals surface area contributed by atoms with E-state index in [1.165, 1.54) is 0 Å². The van der Waals surface area contributed by atoms with E-state index in [0.717, 1.165) is 37.7 Å². The van der Waals surface area contributed by atoms with Crippen LogP contribution in [0.5, 0.6) is 0 Å². The summed E-state index contributed by atoms with van der Waals surface area (Å²) in [6, 6.07) is 26.3. The van der Waals surface area contributed by atoms with Crippen molar-refractivity contribution in [1.82, 2.24) is 4.98 Å². The summed E-state index contributed by atoms with van der Waals surface area (Å²) in [6.07, 6.45) is 0.306. The van der Waals surface area contributed by atoms with Gasteiger partial charge >= 0.3 is 7.60 Å². The van der Waals surface area contributed by atoms with Gasteiger partial charge in [0.25, 0.3) is 0 Å². The highest BCUT2D eigenvalue weighted by Gasteiger charge is 2.27. The number of hydrogen-bond donors (Lipinski definition) is 1. The Labute approximate surface area is 197 Å². The summed E-state index contributed by atoms with van der Waals surface area (Å²) >= 11 is 1.68. The van der Waals surface area contributed by atoms with Gasteiger partial charge < -0.3 is 9.42 Å². The fourth-order valence-electron chi connectivity index (χ4n) is 4.01. The molecule has 6 heteroatoms. The van der Waals surface area contributed by atoms with E-state index < -0.39 is 7.60 Å². The predicted molar refractivity (Wildman–Crippen MR) is 138 cm³/mol. The zero-order chi connectivity index (χ0) is 23.0. The molecule has 1 N–H and O–H groups in total. The average Bonchev–Trinajstić information content (AvgIpc) is 3.37. The first-order valence-corrected chi connectivity index (χ1v) is 13.4. The number of benzene rings is 3. The molecule has 166 valence electrons. The Hall–Kier alpha value is -2.82. The first-order chi connectivity index (χ1) is 16.0. The Morgan fingerprint density at radius 3 is 2.58 bits per heavy atom. The van der Waals surface area contributed by atoms with Gasteiger partial charge in [0.05, 0.1) is 11.6 Å². The molecule has 5 aromatic rings. The molecule has 0 saturated carbocycles. The largest absolute Gasteiger partial charge is 0.377 e. The maximum atomic E-state index is 13.0. The maximum absolute atomic E-state index is 13.0. The van der Waals surface area contributed by atoms with Crippen molar-refractivity contribution in [3.05, 3.63) is 84.2 Å². The van der Waals surface area contributed by atoms with Crippen molar-refractivity contribution in [3.8, 4) is 21.6 Å². The van der Waals surface area contributed by atoms with Gasteiger partial charge in [0.1, 0.15) is 0 Å².